The van der Waals surface area contributed by atoms with Gasteiger partial charge in [0.25, 0.3) is 0 Å². The Labute approximate surface area is 50.5 Å². The van der Waals surface area contributed by atoms with Crippen molar-refractivity contribution in [1.82, 2.24) is 0 Å². The molecule has 0 radical (unpaired) electrons. The molecule has 1 atom stereocenters. The van der Waals surface area contributed by atoms with E-state index in [1.807, 2.05) is 0 Å². The van der Waals surface area contributed by atoms with Crippen LogP contribution in [0.4, 0.5) is 0 Å². The molecule has 0 spiro atoms. The monoisotopic (exact) mass is 120 g/mol. The summed E-state index contributed by atoms with van der Waals surface area (Å²) in [6.45, 7) is 4.14. The van der Waals surface area contributed by atoms with E-state index >= 15 is 0 Å². The van der Waals surface area contributed by atoms with Gasteiger partial charge in [0.2, 0.25) is 0 Å². The van der Waals surface area contributed by atoms with E-state index in [9.17, 15) is 0 Å². The molecule has 1 nitrogen and oxygen atoms in total. The Kier molecular flexibility index (Phi) is 3.48. The van der Waals surface area contributed by atoms with Crippen molar-refractivity contribution in [2.75, 3.05) is 7.11 Å². The largest absolute Gasteiger partial charge is 0.371 e. The van der Waals surface area contributed by atoms with Crippen LogP contribution in [0.25, 0.3) is 0 Å². The van der Waals surface area contributed by atoms with E-state index in [4.69, 9.17) is 4.74 Å². The molecule has 0 N–H and O–H groups in total. The average molecular weight is 120 g/mol. The fourth-order valence-electron chi connectivity index (χ4n) is 0.272. The number of hydrogen-bond acceptors (Lipinski definition) is 2. The molecule has 0 aliphatic rings. The molecule has 2 heteroatoms. The third-order valence-electron chi connectivity index (χ3n) is 0.812. The predicted octanol–water partition coefficient (Wildman–Crippen LogP) is 1.54. The van der Waals surface area contributed by atoms with E-state index in [1.165, 1.54) is 0 Å². The second-order valence-corrected chi connectivity index (χ2v) is 2.38. The summed E-state index contributed by atoms with van der Waals surface area (Å²) in [6, 6.07) is 0. The lowest BCUT2D eigenvalue weighted by atomic mass is 10.2. The minimum atomic E-state index is 0.0972. The third-order valence-corrected chi connectivity index (χ3v) is 1.62. The molecule has 0 amide bonds. The standard InChI is InChI=1S/C5H12OS/c1-4(2)5(7)6-3/h4-5,7H,1-3H3. The van der Waals surface area contributed by atoms with Crippen LogP contribution < -0.4 is 0 Å². The molecule has 0 fully saturated rings. The van der Waals surface area contributed by atoms with Crippen molar-refractivity contribution in [2.45, 2.75) is 19.3 Å². The maximum atomic E-state index is 4.88. The molecule has 0 aromatic carbocycles. The van der Waals surface area contributed by atoms with Crippen molar-refractivity contribution >= 4 is 12.6 Å². The first kappa shape index (κ1) is 7.31. The molecule has 0 rings (SSSR count). The highest BCUT2D eigenvalue weighted by Crippen LogP contribution is 2.07. The Morgan fingerprint density at radius 3 is 1.86 bits per heavy atom. The highest BCUT2D eigenvalue weighted by atomic mass is 32.1. The minimum Gasteiger partial charge on any atom is -0.371 e. The summed E-state index contributed by atoms with van der Waals surface area (Å²) in [5.74, 6) is 0.508. The van der Waals surface area contributed by atoms with Crippen LogP contribution in [0.15, 0.2) is 0 Å². The maximum Gasteiger partial charge on any atom is 0.102 e. The van der Waals surface area contributed by atoms with Gasteiger partial charge in [0.05, 0.1) is 0 Å². The number of ether oxygens (including phenoxy) is 1. The molecule has 0 aromatic heterocycles. The van der Waals surface area contributed by atoms with Gasteiger partial charge in [0, 0.05) is 7.11 Å². The van der Waals surface area contributed by atoms with Gasteiger partial charge < -0.3 is 4.74 Å². The molecule has 0 bridgehead atoms. The van der Waals surface area contributed by atoms with Gasteiger partial charge in [-0.25, -0.2) is 0 Å². The predicted molar refractivity (Wildman–Crippen MR) is 34.6 cm³/mol. The molecule has 0 saturated heterocycles. The van der Waals surface area contributed by atoms with Crippen LogP contribution in [-0.2, 0) is 4.74 Å². The SMILES string of the molecule is COC(S)C(C)C. The van der Waals surface area contributed by atoms with Crippen LogP contribution in [0.5, 0.6) is 0 Å². The first-order chi connectivity index (χ1) is 3.18. The molecule has 0 aromatic rings. The molecule has 0 aliphatic heterocycles. The quantitative estimate of drug-likeness (QED) is 0.429. The van der Waals surface area contributed by atoms with E-state index in [0.717, 1.165) is 0 Å². The Morgan fingerprint density at radius 2 is 1.86 bits per heavy atom. The maximum absolute atomic E-state index is 4.88. The van der Waals surface area contributed by atoms with Crippen LogP contribution in [0, 0.1) is 5.92 Å². The second-order valence-electron chi connectivity index (χ2n) is 1.87. The average Bonchev–Trinajstić information content (AvgIpc) is 1.65. The molecule has 0 heterocycles. The van der Waals surface area contributed by atoms with Crippen molar-refractivity contribution in [3.63, 3.8) is 0 Å². The van der Waals surface area contributed by atoms with Gasteiger partial charge in [-0.15, -0.1) is 12.6 Å². The number of rotatable bonds is 2. The zero-order chi connectivity index (χ0) is 5.86. The number of methoxy groups -OCH3 is 1. The van der Waals surface area contributed by atoms with Crippen LogP contribution in [-0.4, -0.2) is 12.5 Å². The fourth-order valence-corrected chi connectivity index (χ4v) is 0.272. The third kappa shape index (κ3) is 2.94. The Hall–Kier alpha value is 0.310. The summed E-state index contributed by atoms with van der Waals surface area (Å²) in [6.07, 6.45) is 0. The smallest absolute Gasteiger partial charge is 0.102 e. The minimum absolute atomic E-state index is 0.0972. The van der Waals surface area contributed by atoms with Crippen LogP contribution in [0.3, 0.4) is 0 Å². The lowest BCUT2D eigenvalue weighted by molar-refractivity contribution is 0.138. The van der Waals surface area contributed by atoms with Crippen molar-refractivity contribution < 1.29 is 4.74 Å². The summed E-state index contributed by atoms with van der Waals surface area (Å²) >= 11 is 4.10. The second kappa shape index (κ2) is 3.33. The summed E-state index contributed by atoms with van der Waals surface area (Å²) in [7, 11) is 1.66. The Morgan fingerprint density at radius 1 is 1.43 bits per heavy atom. The van der Waals surface area contributed by atoms with Gasteiger partial charge in [-0.05, 0) is 5.92 Å². The first-order valence-electron chi connectivity index (χ1n) is 2.39. The summed E-state index contributed by atoms with van der Waals surface area (Å²) in [4.78, 5) is 0. The van der Waals surface area contributed by atoms with E-state index in [1.54, 1.807) is 7.11 Å². The molecule has 7 heavy (non-hydrogen) atoms. The molecule has 44 valence electrons. The van der Waals surface area contributed by atoms with Crippen molar-refractivity contribution in [3.8, 4) is 0 Å². The van der Waals surface area contributed by atoms with Crippen molar-refractivity contribution in [3.05, 3.63) is 0 Å². The Bertz CT molecular complexity index is 45.3. The number of hydrogen-bond donors (Lipinski definition) is 1. The fraction of sp³-hybridized carbons (Fsp3) is 1.00. The molecule has 1 unspecified atom stereocenters. The summed E-state index contributed by atoms with van der Waals surface area (Å²) in [5, 5.41) is 0. The van der Waals surface area contributed by atoms with Gasteiger partial charge in [-0.2, -0.15) is 0 Å². The van der Waals surface area contributed by atoms with Gasteiger partial charge in [-0.1, -0.05) is 13.8 Å². The zero-order valence-corrected chi connectivity index (χ0v) is 5.90. The number of thiol groups is 1. The van der Waals surface area contributed by atoms with Crippen molar-refractivity contribution in [2.24, 2.45) is 5.92 Å². The molecular formula is C5H12OS. The molecular weight excluding hydrogens is 108 g/mol. The van der Waals surface area contributed by atoms with Crippen LogP contribution in [0.2, 0.25) is 0 Å². The highest BCUT2D eigenvalue weighted by Gasteiger charge is 2.03. The van der Waals surface area contributed by atoms with E-state index in [-0.39, 0.29) is 5.44 Å². The highest BCUT2D eigenvalue weighted by molar-refractivity contribution is 7.80. The topological polar surface area (TPSA) is 9.23 Å². The van der Waals surface area contributed by atoms with Gasteiger partial charge >= 0.3 is 0 Å². The molecule has 0 saturated carbocycles. The zero-order valence-electron chi connectivity index (χ0n) is 5.01. The van der Waals surface area contributed by atoms with E-state index in [2.05, 4.69) is 26.5 Å². The van der Waals surface area contributed by atoms with Crippen LogP contribution >= 0.6 is 12.6 Å². The normalized spacial score (nSPS) is 15.0. The van der Waals surface area contributed by atoms with Gasteiger partial charge in [0.15, 0.2) is 0 Å². The summed E-state index contributed by atoms with van der Waals surface area (Å²) in [5.41, 5.74) is 0.0972. The van der Waals surface area contributed by atoms with Gasteiger partial charge in [0.1, 0.15) is 5.44 Å². The lowest BCUT2D eigenvalue weighted by Crippen LogP contribution is -2.08. The van der Waals surface area contributed by atoms with Gasteiger partial charge in [-0.3, -0.25) is 0 Å². The Balaban J connectivity index is 3.14. The van der Waals surface area contributed by atoms with E-state index in [0.29, 0.717) is 5.92 Å². The summed E-state index contributed by atoms with van der Waals surface area (Å²) < 4.78 is 4.88. The van der Waals surface area contributed by atoms with Crippen molar-refractivity contribution in [1.29, 1.82) is 0 Å². The lowest BCUT2D eigenvalue weighted by Gasteiger charge is -2.10. The molecule has 0 aliphatic carbocycles. The van der Waals surface area contributed by atoms with Crippen LogP contribution in [0.1, 0.15) is 13.8 Å². The first-order valence-corrected chi connectivity index (χ1v) is 2.91. The van der Waals surface area contributed by atoms with E-state index < -0.39 is 0 Å².